The molecule has 2 aromatic heterocycles. The van der Waals surface area contributed by atoms with Gasteiger partial charge < -0.3 is 14.4 Å². The Bertz CT molecular complexity index is 1280. The molecule has 156 valence electrons. The van der Waals surface area contributed by atoms with Gasteiger partial charge in [0.15, 0.2) is 0 Å². The summed E-state index contributed by atoms with van der Waals surface area (Å²) < 4.78 is 6.60. The van der Waals surface area contributed by atoms with Crippen molar-refractivity contribution in [2.24, 2.45) is 0 Å². The van der Waals surface area contributed by atoms with E-state index in [1.807, 2.05) is 60.7 Å². The number of aliphatic hydroxyl groups excluding tert-OH is 1. The summed E-state index contributed by atoms with van der Waals surface area (Å²) in [6, 6.07) is 20.6. The maximum absolute atomic E-state index is 13.4. The highest BCUT2D eigenvalue weighted by Gasteiger charge is 2.24. The van der Waals surface area contributed by atoms with Gasteiger partial charge in [0, 0.05) is 35.9 Å². The largest absolute Gasteiger partial charge is 0.465 e. The van der Waals surface area contributed by atoms with Crippen molar-refractivity contribution in [2.75, 3.05) is 13.7 Å². The molecular formula is C25H22N2O4. The van der Waals surface area contributed by atoms with Gasteiger partial charge in [-0.15, -0.1) is 0 Å². The van der Waals surface area contributed by atoms with E-state index in [-0.39, 0.29) is 17.7 Å². The van der Waals surface area contributed by atoms with Crippen LogP contribution < -0.4 is 5.56 Å². The number of carbonyl (C=O) groups is 1. The summed E-state index contributed by atoms with van der Waals surface area (Å²) in [4.78, 5) is 31.1. The van der Waals surface area contributed by atoms with Crippen molar-refractivity contribution in [3.8, 4) is 22.5 Å². The van der Waals surface area contributed by atoms with Gasteiger partial charge in [-0.2, -0.15) is 0 Å². The van der Waals surface area contributed by atoms with E-state index in [1.54, 1.807) is 12.3 Å². The summed E-state index contributed by atoms with van der Waals surface area (Å²) in [5.41, 5.74) is 2.50. The summed E-state index contributed by atoms with van der Waals surface area (Å²) in [6.07, 6.45) is 2.10. The Morgan fingerprint density at radius 2 is 1.58 bits per heavy atom. The van der Waals surface area contributed by atoms with Gasteiger partial charge in [0.1, 0.15) is 0 Å². The average Bonchev–Trinajstić information content (AvgIpc) is 2.83. The molecule has 0 saturated heterocycles. The number of hydrogen-bond acceptors (Lipinski definition) is 5. The van der Waals surface area contributed by atoms with Gasteiger partial charge in [-0.3, -0.25) is 4.79 Å². The van der Waals surface area contributed by atoms with Gasteiger partial charge in [-0.05, 0) is 12.5 Å². The number of nitrogens with zero attached hydrogens (tertiary/aromatic N) is 2. The zero-order valence-electron chi connectivity index (χ0n) is 17.1. The molecule has 0 bridgehead atoms. The van der Waals surface area contributed by atoms with Gasteiger partial charge in [0.05, 0.1) is 29.4 Å². The number of carbonyl (C=O) groups excluding carboxylic acids is 1. The molecule has 4 aromatic rings. The van der Waals surface area contributed by atoms with Crippen molar-refractivity contribution in [2.45, 2.75) is 13.0 Å². The molecule has 6 heteroatoms. The number of aromatic nitrogens is 2. The van der Waals surface area contributed by atoms with E-state index in [0.29, 0.717) is 35.1 Å². The molecule has 0 spiro atoms. The van der Waals surface area contributed by atoms with E-state index >= 15 is 0 Å². The van der Waals surface area contributed by atoms with Crippen LogP contribution in [0.15, 0.2) is 77.7 Å². The van der Waals surface area contributed by atoms with Crippen LogP contribution in [0.5, 0.6) is 0 Å². The lowest BCUT2D eigenvalue weighted by Crippen LogP contribution is -2.22. The smallest absolute Gasteiger partial charge is 0.340 e. The van der Waals surface area contributed by atoms with Crippen LogP contribution in [-0.2, 0) is 11.3 Å². The molecule has 4 rings (SSSR count). The highest BCUT2D eigenvalue weighted by atomic mass is 16.5. The van der Waals surface area contributed by atoms with Crippen LogP contribution in [0.3, 0.4) is 0 Å². The molecule has 0 radical (unpaired) electrons. The first-order valence-electron chi connectivity index (χ1n) is 10.0. The Labute approximate surface area is 179 Å². The van der Waals surface area contributed by atoms with E-state index in [9.17, 15) is 14.7 Å². The molecule has 0 aliphatic carbocycles. The normalized spacial score (nSPS) is 10.9. The molecule has 2 heterocycles. The second-order valence-corrected chi connectivity index (χ2v) is 7.09. The van der Waals surface area contributed by atoms with Gasteiger partial charge in [-0.25, -0.2) is 9.78 Å². The summed E-state index contributed by atoms with van der Waals surface area (Å²) in [7, 11) is 1.32. The van der Waals surface area contributed by atoms with Crippen molar-refractivity contribution in [1.29, 1.82) is 0 Å². The molecule has 1 N–H and O–H groups in total. The van der Waals surface area contributed by atoms with Crippen molar-refractivity contribution in [3.63, 3.8) is 0 Å². The molecule has 0 amide bonds. The second kappa shape index (κ2) is 8.93. The lowest BCUT2D eigenvalue weighted by Gasteiger charge is -2.16. The van der Waals surface area contributed by atoms with Crippen LogP contribution in [0.1, 0.15) is 16.8 Å². The van der Waals surface area contributed by atoms with Crippen molar-refractivity contribution < 1.29 is 14.6 Å². The first-order valence-corrected chi connectivity index (χ1v) is 10.0. The predicted octanol–water partition coefficient (Wildman–Crippen LogP) is 3.90. The minimum atomic E-state index is -0.552. The third-order valence-electron chi connectivity index (χ3n) is 5.17. The van der Waals surface area contributed by atoms with Crippen LogP contribution >= 0.6 is 0 Å². The second-order valence-electron chi connectivity index (χ2n) is 7.09. The molecule has 6 nitrogen and oxygen atoms in total. The number of aliphatic hydroxyl groups is 1. The highest BCUT2D eigenvalue weighted by molar-refractivity contribution is 6.12. The fourth-order valence-electron chi connectivity index (χ4n) is 3.70. The maximum Gasteiger partial charge on any atom is 0.340 e. The average molecular weight is 414 g/mol. The number of methoxy groups -OCH3 is 1. The zero-order valence-corrected chi connectivity index (χ0v) is 17.1. The number of fused-ring (bicyclic) bond motifs is 1. The number of pyridine rings is 2. The minimum Gasteiger partial charge on any atom is -0.465 e. The number of hydrogen-bond donors (Lipinski definition) is 1. The number of aryl methyl sites for hydroxylation is 1. The molecule has 0 aliphatic rings. The van der Waals surface area contributed by atoms with E-state index in [2.05, 4.69) is 0 Å². The van der Waals surface area contributed by atoms with E-state index in [4.69, 9.17) is 9.72 Å². The summed E-state index contributed by atoms with van der Waals surface area (Å²) >= 11 is 0. The van der Waals surface area contributed by atoms with E-state index in [0.717, 1.165) is 11.1 Å². The number of ether oxygens (including phenoxy) is 1. The Morgan fingerprint density at radius 3 is 2.16 bits per heavy atom. The van der Waals surface area contributed by atoms with Crippen LogP contribution in [0.2, 0.25) is 0 Å². The molecule has 0 unspecified atom stereocenters. The number of benzene rings is 2. The van der Waals surface area contributed by atoms with Crippen LogP contribution in [-0.4, -0.2) is 34.3 Å². The third-order valence-corrected chi connectivity index (χ3v) is 5.17. The maximum atomic E-state index is 13.4. The Balaban J connectivity index is 2.14. The molecule has 0 aliphatic heterocycles. The van der Waals surface area contributed by atoms with Gasteiger partial charge >= 0.3 is 5.97 Å². The topological polar surface area (TPSA) is 81.4 Å². The summed E-state index contributed by atoms with van der Waals surface area (Å²) in [5.74, 6) is -0.552. The third kappa shape index (κ3) is 3.85. The summed E-state index contributed by atoms with van der Waals surface area (Å²) in [5, 5.41) is 10.0. The van der Waals surface area contributed by atoms with Crippen molar-refractivity contribution >= 4 is 16.7 Å². The highest BCUT2D eigenvalue weighted by Crippen LogP contribution is 2.34. The molecule has 0 atom stereocenters. The fraction of sp³-hybridized carbons (Fsp3) is 0.160. The lowest BCUT2D eigenvalue weighted by molar-refractivity contribution is 0.0603. The van der Waals surface area contributed by atoms with Crippen molar-refractivity contribution in [3.05, 3.63) is 88.8 Å². The Kier molecular flexibility index (Phi) is 5.91. The quantitative estimate of drug-likeness (QED) is 0.484. The van der Waals surface area contributed by atoms with Gasteiger partial charge in [0.25, 0.3) is 5.56 Å². The predicted molar refractivity (Wildman–Crippen MR) is 120 cm³/mol. The lowest BCUT2D eigenvalue weighted by atomic mass is 9.96. The minimum absolute atomic E-state index is 0.0192. The fourth-order valence-corrected chi connectivity index (χ4v) is 3.70. The standard InChI is InChI=1S/C25H22N2O4/c1-31-25(30)21-19-13-15-27(14-8-16-28)24(29)20(19)22(17-9-4-2-5-10-17)26-23(21)18-11-6-3-7-12-18/h2-7,9-13,15,28H,8,14,16H2,1H3. The molecule has 31 heavy (non-hydrogen) atoms. The molecule has 2 aromatic carbocycles. The first-order chi connectivity index (χ1) is 15.2. The van der Waals surface area contributed by atoms with E-state index < -0.39 is 5.97 Å². The van der Waals surface area contributed by atoms with Crippen LogP contribution in [0.25, 0.3) is 33.3 Å². The Morgan fingerprint density at radius 1 is 0.968 bits per heavy atom. The first kappa shape index (κ1) is 20.5. The molecule has 0 saturated carbocycles. The Hall–Kier alpha value is -3.77. The van der Waals surface area contributed by atoms with Crippen LogP contribution in [0, 0.1) is 0 Å². The molecule has 0 fully saturated rings. The van der Waals surface area contributed by atoms with Gasteiger partial charge in [0.2, 0.25) is 0 Å². The van der Waals surface area contributed by atoms with Crippen LogP contribution in [0.4, 0.5) is 0 Å². The van der Waals surface area contributed by atoms with E-state index in [1.165, 1.54) is 11.7 Å². The van der Waals surface area contributed by atoms with Gasteiger partial charge in [-0.1, -0.05) is 60.7 Å². The SMILES string of the molecule is COC(=O)c1c(-c2ccccc2)nc(-c2ccccc2)c2c(=O)n(CCCO)ccc12. The molecular weight excluding hydrogens is 392 g/mol. The number of esters is 1. The summed E-state index contributed by atoms with van der Waals surface area (Å²) in [6.45, 7) is 0.349. The number of rotatable bonds is 6. The zero-order chi connectivity index (χ0) is 21.8. The monoisotopic (exact) mass is 414 g/mol. The van der Waals surface area contributed by atoms with Crippen molar-refractivity contribution in [1.82, 2.24) is 9.55 Å².